The van der Waals surface area contributed by atoms with Gasteiger partial charge >= 0.3 is 0 Å². The van der Waals surface area contributed by atoms with Gasteiger partial charge in [-0.3, -0.25) is 4.79 Å². The highest BCUT2D eigenvalue weighted by atomic mass is 32.1. The van der Waals surface area contributed by atoms with Crippen molar-refractivity contribution in [1.82, 2.24) is 4.98 Å². The summed E-state index contributed by atoms with van der Waals surface area (Å²) in [4.78, 5) is 17.2. The molecule has 0 unspecified atom stereocenters. The Morgan fingerprint density at radius 1 is 1.15 bits per heavy atom. The number of nitrogens with zero attached hydrogens (tertiary/aromatic N) is 1. The summed E-state index contributed by atoms with van der Waals surface area (Å²) < 4.78 is 0.994. The quantitative estimate of drug-likeness (QED) is 0.687. The summed E-state index contributed by atoms with van der Waals surface area (Å²) in [5.74, 6) is -0.113. The molecule has 4 nitrogen and oxygen atoms in total. The van der Waals surface area contributed by atoms with E-state index in [0.29, 0.717) is 16.3 Å². The fourth-order valence-electron chi connectivity index (χ4n) is 3.07. The molecule has 26 heavy (non-hydrogen) atoms. The summed E-state index contributed by atoms with van der Waals surface area (Å²) in [5, 5.41) is 12.9. The first kappa shape index (κ1) is 18.5. The highest BCUT2D eigenvalue weighted by Crippen LogP contribution is 2.28. The van der Waals surface area contributed by atoms with E-state index < -0.39 is 0 Å². The van der Waals surface area contributed by atoms with Gasteiger partial charge in [0.2, 0.25) is 0 Å². The van der Waals surface area contributed by atoms with Crippen LogP contribution in [0, 0.1) is 13.8 Å². The lowest BCUT2D eigenvalue weighted by Gasteiger charge is -2.22. The third-order valence-electron chi connectivity index (χ3n) is 4.45. The van der Waals surface area contributed by atoms with E-state index in [-0.39, 0.29) is 17.9 Å². The maximum Gasteiger partial charge on any atom is 0.256 e. The van der Waals surface area contributed by atoms with Gasteiger partial charge in [0.15, 0.2) is 0 Å². The minimum Gasteiger partial charge on any atom is -0.389 e. The van der Waals surface area contributed by atoms with Gasteiger partial charge in [-0.1, -0.05) is 32.9 Å². The summed E-state index contributed by atoms with van der Waals surface area (Å²) in [7, 11) is 0. The van der Waals surface area contributed by atoms with Crippen LogP contribution in [0.5, 0.6) is 0 Å². The minimum absolute atomic E-state index is 0.0462. The average molecular weight is 369 g/mol. The zero-order valence-corrected chi connectivity index (χ0v) is 16.6. The molecule has 136 valence electrons. The van der Waals surface area contributed by atoms with Gasteiger partial charge in [0.05, 0.1) is 16.8 Å². The van der Waals surface area contributed by atoms with E-state index in [1.807, 2.05) is 32.0 Å². The Morgan fingerprint density at radius 3 is 2.38 bits per heavy atom. The van der Waals surface area contributed by atoms with Crippen LogP contribution in [0.25, 0.3) is 10.2 Å². The Kier molecular flexibility index (Phi) is 4.86. The SMILES string of the molecule is Cc1cc(C(C)(C)C)cc(C)c1C(=O)Nc1ccc2sc(CO)nc2c1. The molecule has 3 rings (SSSR count). The number of hydrogen-bond acceptors (Lipinski definition) is 4. The molecule has 0 bridgehead atoms. The number of carbonyl (C=O) groups is 1. The number of carbonyl (C=O) groups excluding carboxylic acids is 1. The largest absolute Gasteiger partial charge is 0.389 e. The first-order valence-electron chi connectivity index (χ1n) is 8.62. The summed E-state index contributed by atoms with van der Waals surface area (Å²) >= 11 is 1.46. The van der Waals surface area contributed by atoms with Crippen LogP contribution in [0.2, 0.25) is 0 Å². The number of benzene rings is 2. The Hall–Kier alpha value is -2.24. The Bertz CT molecular complexity index is 960. The third kappa shape index (κ3) is 3.64. The second-order valence-electron chi connectivity index (χ2n) is 7.64. The molecule has 0 aliphatic rings. The van der Waals surface area contributed by atoms with Crippen LogP contribution in [0.3, 0.4) is 0 Å². The number of rotatable bonds is 3. The number of thiazole rings is 1. The maximum atomic E-state index is 12.8. The van der Waals surface area contributed by atoms with Crippen LogP contribution in [-0.2, 0) is 12.0 Å². The van der Waals surface area contributed by atoms with Crippen LogP contribution in [0.15, 0.2) is 30.3 Å². The molecule has 1 aromatic heterocycles. The predicted octanol–water partition coefficient (Wildman–Crippen LogP) is 4.96. The van der Waals surface area contributed by atoms with Gasteiger partial charge in [0.25, 0.3) is 5.91 Å². The molecule has 0 aliphatic heterocycles. The second-order valence-corrected chi connectivity index (χ2v) is 8.75. The molecule has 0 saturated carbocycles. The van der Waals surface area contributed by atoms with E-state index in [4.69, 9.17) is 0 Å². The van der Waals surface area contributed by atoms with Crippen molar-refractivity contribution in [2.75, 3.05) is 5.32 Å². The van der Waals surface area contributed by atoms with Crippen LogP contribution in [-0.4, -0.2) is 16.0 Å². The monoisotopic (exact) mass is 368 g/mol. The van der Waals surface area contributed by atoms with Crippen LogP contribution in [0.4, 0.5) is 5.69 Å². The number of fused-ring (bicyclic) bond motifs is 1. The fourth-order valence-corrected chi connectivity index (χ4v) is 3.88. The molecule has 3 aromatic rings. The van der Waals surface area contributed by atoms with Crippen LogP contribution in [0.1, 0.15) is 52.8 Å². The smallest absolute Gasteiger partial charge is 0.256 e. The van der Waals surface area contributed by atoms with Gasteiger partial charge in [-0.05, 0) is 54.2 Å². The Labute approximate surface area is 157 Å². The average Bonchev–Trinajstić information content (AvgIpc) is 2.95. The molecular weight excluding hydrogens is 344 g/mol. The Morgan fingerprint density at radius 2 is 1.81 bits per heavy atom. The molecule has 0 aliphatic carbocycles. The zero-order valence-electron chi connectivity index (χ0n) is 15.8. The van der Waals surface area contributed by atoms with E-state index in [9.17, 15) is 9.90 Å². The first-order valence-corrected chi connectivity index (χ1v) is 9.44. The molecule has 2 N–H and O–H groups in total. The molecule has 1 heterocycles. The summed E-state index contributed by atoms with van der Waals surface area (Å²) in [6, 6.07) is 9.83. The van der Waals surface area contributed by atoms with Crippen molar-refractivity contribution in [3.8, 4) is 0 Å². The Balaban J connectivity index is 1.90. The van der Waals surface area contributed by atoms with Crippen LogP contribution >= 0.6 is 11.3 Å². The van der Waals surface area contributed by atoms with Crippen molar-refractivity contribution in [2.45, 2.75) is 46.6 Å². The molecule has 5 heteroatoms. The number of nitrogens with one attached hydrogen (secondary N) is 1. The van der Waals surface area contributed by atoms with Crippen molar-refractivity contribution in [3.63, 3.8) is 0 Å². The number of amides is 1. The lowest BCUT2D eigenvalue weighted by molar-refractivity contribution is 0.102. The van der Waals surface area contributed by atoms with Crippen molar-refractivity contribution in [3.05, 3.63) is 57.6 Å². The van der Waals surface area contributed by atoms with Crippen molar-refractivity contribution >= 4 is 33.1 Å². The van der Waals surface area contributed by atoms with Crippen molar-refractivity contribution < 1.29 is 9.90 Å². The summed E-state index contributed by atoms with van der Waals surface area (Å²) in [6.45, 7) is 10.4. The third-order valence-corrected chi connectivity index (χ3v) is 5.47. The predicted molar refractivity (Wildman–Crippen MR) is 108 cm³/mol. The van der Waals surface area contributed by atoms with Gasteiger partial charge in [0.1, 0.15) is 5.01 Å². The van der Waals surface area contributed by atoms with E-state index in [1.54, 1.807) is 0 Å². The topological polar surface area (TPSA) is 62.2 Å². The van der Waals surface area contributed by atoms with E-state index in [1.165, 1.54) is 16.9 Å². The van der Waals surface area contributed by atoms with Gasteiger partial charge in [0, 0.05) is 11.3 Å². The van der Waals surface area contributed by atoms with E-state index >= 15 is 0 Å². The van der Waals surface area contributed by atoms with Gasteiger partial charge in [-0.25, -0.2) is 4.98 Å². The molecule has 2 aromatic carbocycles. The lowest BCUT2D eigenvalue weighted by Crippen LogP contribution is -2.18. The molecular formula is C21H24N2O2S. The normalized spacial score (nSPS) is 11.8. The fraction of sp³-hybridized carbons (Fsp3) is 0.333. The minimum atomic E-state index is -0.113. The number of aryl methyl sites for hydroxylation is 2. The number of aliphatic hydroxyl groups is 1. The van der Waals surface area contributed by atoms with Crippen LogP contribution < -0.4 is 5.32 Å². The highest BCUT2D eigenvalue weighted by molar-refractivity contribution is 7.18. The number of hydrogen-bond donors (Lipinski definition) is 2. The number of aliphatic hydroxyl groups excluding tert-OH is 1. The van der Waals surface area contributed by atoms with E-state index in [0.717, 1.165) is 21.3 Å². The zero-order chi connectivity index (χ0) is 19.1. The molecule has 0 spiro atoms. The molecule has 0 radical (unpaired) electrons. The lowest BCUT2D eigenvalue weighted by atomic mass is 9.83. The molecule has 0 fully saturated rings. The standard InChI is InChI=1S/C21H24N2O2S/c1-12-8-14(21(3,4)5)9-13(2)19(12)20(25)22-15-6-7-17-16(10-15)23-18(11-24)26-17/h6-10,24H,11H2,1-5H3,(H,22,25). The molecule has 0 atom stereocenters. The highest BCUT2D eigenvalue weighted by Gasteiger charge is 2.19. The number of aromatic nitrogens is 1. The number of anilines is 1. The molecule has 1 amide bonds. The summed E-state index contributed by atoms with van der Waals surface area (Å²) in [6.07, 6.45) is 0. The summed E-state index contributed by atoms with van der Waals surface area (Å²) in [5.41, 5.74) is 5.43. The van der Waals surface area contributed by atoms with Gasteiger partial charge < -0.3 is 10.4 Å². The second kappa shape index (κ2) is 6.82. The van der Waals surface area contributed by atoms with Gasteiger partial charge in [-0.15, -0.1) is 11.3 Å². The molecule has 0 saturated heterocycles. The van der Waals surface area contributed by atoms with Crippen molar-refractivity contribution in [1.29, 1.82) is 0 Å². The maximum absolute atomic E-state index is 12.8. The first-order chi connectivity index (χ1) is 12.2. The van der Waals surface area contributed by atoms with Crippen molar-refractivity contribution in [2.24, 2.45) is 0 Å². The van der Waals surface area contributed by atoms with Gasteiger partial charge in [-0.2, -0.15) is 0 Å². The van der Waals surface area contributed by atoms with E-state index in [2.05, 4.69) is 43.2 Å².